The van der Waals surface area contributed by atoms with E-state index in [4.69, 9.17) is 0 Å². The fourth-order valence-corrected chi connectivity index (χ4v) is 5.38. The molecule has 3 fully saturated rings. The largest absolute Gasteiger partial charge is 0.471 e. The van der Waals surface area contributed by atoms with Crippen molar-refractivity contribution in [2.24, 2.45) is 23.2 Å². The van der Waals surface area contributed by atoms with E-state index in [1.54, 1.807) is 0 Å². The highest BCUT2D eigenvalue weighted by atomic mass is 19.4. The summed E-state index contributed by atoms with van der Waals surface area (Å²) in [6, 6.07) is -1.42. The molecule has 0 radical (unpaired) electrons. The highest BCUT2D eigenvalue weighted by molar-refractivity contribution is 5.94. The molecule has 0 spiro atoms. The third-order valence-electron chi connectivity index (χ3n) is 7.17. The van der Waals surface area contributed by atoms with Gasteiger partial charge in [-0.3, -0.25) is 19.2 Å². The molecule has 0 aromatic rings. The van der Waals surface area contributed by atoms with Gasteiger partial charge in [-0.2, -0.15) is 18.4 Å². The van der Waals surface area contributed by atoms with Crippen molar-refractivity contribution >= 4 is 23.6 Å². The first-order chi connectivity index (χ1) is 16.2. The second-order valence-corrected chi connectivity index (χ2v) is 10.8. The van der Waals surface area contributed by atoms with E-state index in [2.05, 4.69) is 10.6 Å². The molecule has 2 heterocycles. The maximum Gasteiger partial charge on any atom is 0.471 e. The SMILES string of the molecule is CC(C)(C)[C@H](NC(=O)C(F)(F)F)C(=O)N1C[C@H]2CC[C@H](C2)[C@H]1C(=O)N[C@H](C#N)C[C@@H]1CCNC1=O. The van der Waals surface area contributed by atoms with Crippen LogP contribution in [-0.4, -0.2) is 65.9 Å². The molecule has 2 bridgehead atoms. The summed E-state index contributed by atoms with van der Waals surface area (Å²) in [5.74, 6) is -4.21. The zero-order valence-corrected chi connectivity index (χ0v) is 20.1. The fraction of sp³-hybridized carbons (Fsp3) is 0.783. The predicted molar refractivity (Wildman–Crippen MR) is 117 cm³/mol. The number of carbonyl (C=O) groups is 4. The molecule has 1 aliphatic carbocycles. The molecular weight excluding hydrogens is 467 g/mol. The number of nitrogens with zero attached hydrogens (tertiary/aromatic N) is 2. The summed E-state index contributed by atoms with van der Waals surface area (Å²) >= 11 is 0. The standard InChI is InChI=1S/C23H32F3N5O4/c1-22(2,3)17(30-21(35)23(24,25)26)20(34)31-11-12-4-5-13(8-12)16(31)19(33)29-15(10-27)9-14-6-7-28-18(14)32/h12-17H,4-9,11H2,1-3H3,(H,28,32)(H,29,33)(H,30,35)/t12-,13+,14-,15-,16-,17+/m0/s1. The van der Waals surface area contributed by atoms with Crippen LogP contribution in [0.5, 0.6) is 0 Å². The van der Waals surface area contributed by atoms with Crippen LogP contribution in [0.15, 0.2) is 0 Å². The number of likely N-dealkylation sites (tertiary alicyclic amines) is 1. The number of fused-ring (bicyclic) bond motifs is 2. The topological polar surface area (TPSA) is 131 Å². The zero-order valence-electron chi connectivity index (χ0n) is 20.1. The minimum absolute atomic E-state index is 0.112. The predicted octanol–water partition coefficient (Wildman–Crippen LogP) is 1.24. The van der Waals surface area contributed by atoms with Gasteiger partial charge in [0.05, 0.1) is 6.07 Å². The van der Waals surface area contributed by atoms with Crippen molar-refractivity contribution < 1.29 is 32.3 Å². The quantitative estimate of drug-likeness (QED) is 0.506. The Kier molecular flexibility index (Phi) is 7.67. The van der Waals surface area contributed by atoms with Crippen molar-refractivity contribution in [2.75, 3.05) is 13.1 Å². The average molecular weight is 500 g/mol. The molecular formula is C23H32F3N5O4. The number of nitrogens with one attached hydrogen (secondary N) is 3. The van der Waals surface area contributed by atoms with Crippen molar-refractivity contribution in [3.05, 3.63) is 0 Å². The van der Waals surface area contributed by atoms with Gasteiger partial charge in [0, 0.05) is 19.0 Å². The number of hydrogen-bond acceptors (Lipinski definition) is 5. The van der Waals surface area contributed by atoms with Gasteiger partial charge in [-0.25, -0.2) is 0 Å². The molecule has 6 atom stereocenters. The zero-order chi connectivity index (χ0) is 26.1. The summed E-state index contributed by atoms with van der Waals surface area (Å²) < 4.78 is 38.9. The Morgan fingerprint density at radius 2 is 1.86 bits per heavy atom. The van der Waals surface area contributed by atoms with Crippen LogP contribution in [0.4, 0.5) is 13.2 Å². The normalized spacial score (nSPS) is 28.0. The molecule has 0 aromatic carbocycles. The van der Waals surface area contributed by atoms with E-state index in [0.717, 1.165) is 6.42 Å². The van der Waals surface area contributed by atoms with E-state index >= 15 is 0 Å². The summed E-state index contributed by atoms with van der Waals surface area (Å²) in [6.45, 7) is 5.31. The van der Waals surface area contributed by atoms with E-state index in [1.165, 1.54) is 25.7 Å². The second-order valence-electron chi connectivity index (χ2n) is 10.8. The molecule has 2 saturated heterocycles. The maximum atomic E-state index is 13.6. The number of rotatable bonds is 6. The van der Waals surface area contributed by atoms with Crippen LogP contribution >= 0.6 is 0 Å². The third-order valence-corrected chi connectivity index (χ3v) is 7.17. The van der Waals surface area contributed by atoms with Crippen LogP contribution in [-0.2, 0) is 19.2 Å². The summed E-state index contributed by atoms with van der Waals surface area (Å²) in [5.41, 5.74) is -1.06. The molecule has 9 nitrogen and oxygen atoms in total. The molecule has 0 unspecified atom stereocenters. The van der Waals surface area contributed by atoms with Crippen LogP contribution in [0, 0.1) is 34.5 Å². The maximum absolute atomic E-state index is 13.6. The lowest BCUT2D eigenvalue weighted by atomic mass is 9.83. The molecule has 3 rings (SSSR count). The monoisotopic (exact) mass is 499 g/mol. The van der Waals surface area contributed by atoms with Crippen LogP contribution in [0.25, 0.3) is 0 Å². The van der Waals surface area contributed by atoms with Gasteiger partial charge in [0.15, 0.2) is 0 Å². The first kappa shape index (κ1) is 26.8. The van der Waals surface area contributed by atoms with Gasteiger partial charge in [0.25, 0.3) is 0 Å². The second kappa shape index (κ2) is 10.0. The fourth-order valence-electron chi connectivity index (χ4n) is 5.38. The van der Waals surface area contributed by atoms with Gasteiger partial charge in [0.2, 0.25) is 17.7 Å². The number of carbonyl (C=O) groups excluding carboxylic acids is 4. The Labute approximate surface area is 202 Å². The van der Waals surface area contributed by atoms with Crippen LogP contribution in [0.1, 0.15) is 52.9 Å². The van der Waals surface area contributed by atoms with Crippen molar-refractivity contribution in [1.29, 1.82) is 5.26 Å². The van der Waals surface area contributed by atoms with Crippen molar-refractivity contribution in [3.8, 4) is 6.07 Å². The number of alkyl halides is 3. The number of amides is 4. The Hall–Kier alpha value is -2.84. The minimum Gasteiger partial charge on any atom is -0.356 e. The van der Waals surface area contributed by atoms with Gasteiger partial charge < -0.3 is 20.9 Å². The van der Waals surface area contributed by atoms with Crippen molar-refractivity contribution in [1.82, 2.24) is 20.9 Å². The van der Waals surface area contributed by atoms with Gasteiger partial charge in [-0.05, 0) is 49.4 Å². The summed E-state index contributed by atoms with van der Waals surface area (Å²) in [7, 11) is 0. The third kappa shape index (κ3) is 6.05. The first-order valence-corrected chi connectivity index (χ1v) is 11.9. The van der Waals surface area contributed by atoms with Gasteiger partial charge in [0.1, 0.15) is 18.1 Å². The van der Waals surface area contributed by atoms with Crippen molar-refractivity contribution in [2.45, 2.75) is 77.2 Å². The summed E-state index contributed by atoms with van der Waals surface area (Å²) in [5, 5.41) is 16.7. The molecule has 35 heavy (non-hydrogen) atoms. The molecule has 194 valence electrons. The van der Waals surface area contributed by atoms with Crippen molar-refractivity contribution in [3.63, 3.8) is 0 Å². The highest BCUT2D eigenvalue weighted by Gasteiger charge is 2.50. The number of halogens is 3. The lowest BCUT2D eigenvalue weighted by Gasteiger charge is -2.43. The van der Waals surface area contributed by atoms with Crippen LogP contribution < -0.4 is 16.0 Å². The Balaban J connectivity index is 1.81. The van der Waals surface area contributed by atoms with E-state index in [0.29, 0.717) is 25.8 Å². The van der Waals surface area contributed by atoms with Crippen LogP contribution in [0.3, 0.4) is 0 Å². The smallest absolute Gasteiger partial charge is 0.356 e. The molecule has 3 aliphatic rings. The Morgan fingerprint density at radius 3 is 2.40 bits per heavy atom. The van der Waals surface area contributed by atoms with Gasteiger partial charge in [-0.15, -0.1) is 0 Å². The van der Waals surface area contributed by atoms with E-state index in [1.807, 2.05) is 11.4 Å². The first-order valence-electron chi connectivity index (χ1n) is 11.9. The van der Waals surface area contributed by atoms with E-state index in [-0.39, 0.29) is 30.7 Å². The summed E-state index contributed by atoms with van der Waals surface area (Å²) in [6.07, 6.45) is -2.33. The molecule has 2 aliphatic heterocycles. The average Bonchev–Trinajstić information content (AvgIpc) is 3.34. The number of hydrogen-bond donors (Lipinski definition) is 3. The number of nitriles is 1. The van der Waals surface area contributed by atoms with Crippen LogP contribution in [0.2, 0.25) is 0 Å². The number of piperidine rings is 1. The molecule has 4 amide bonds. The van der Waals surface area contributed by atoms with Gasteiger partial charge >= 0.3 is 12.1 Å². The van der Waals surface area contributed by atoms with E-state index < -0.39 is 53.4 Å². The summed E-state index contributed by atoms with van der Waals surface area (Å²) in [4.78, 5) is 51.8. The van der Waals surface area contributed by atoms with Gasteiger partial charge in [-0.1, -0.05) is 20.8 Å². The molecule has 1 saturated carbocycles. The Bertz CT molecular complexity index is 910. The Morgan fingerprint density at radius 1 is 1.17 bits per heavy atom. The minimum atomic E-state index is -5.16. The van der Waals surface area contributed by atoms with E-state index in [9.17, 15) is 37.6 Å². The molecule has 3 N–H and O–H groups in total. The lowest BCUT2D eigenvalue weighted by molar-refractivity contribution is -0.176. The molecule has 0 aromatic heterocycles. The lowest BCUT2D eigenvalue weighted by Crippen LogP contribution is -2.64. The highest BCUT2D eigenvalue weighted by Crippen LogP contribution is 2.41. The molecule has 12 heteroatoms.